The molecule has 18 heavy (non-hydrogen) atoms. The minimum atomic E-state index is 0.502. The summed E-state index contributed by atoms with van der Waals surface area (Å²) in [7, 11) is 0. The van der Waals surface area contributed by atoms with Gasteiger partial charge in [0.15, 0.2) is 5.82 Å². The van der Waals surface area contributed by atoms with Crippen LogP contribution in [0.25, 0.3) is 11.4 Å². The van der Waals surface area contributed by atoms with Gasteiger partial charge in [-0.2, -0.15) is 4.98 Å². The van der Waals surface area contributed by atoms with Crippen LogP contribution in [0, 0.1) is 11.7 Å². The molecule has 1 aliphatic rings. The first kappa shape index (κ1) is 11.7. The summed E-state index contributed by atoms with van der Waals surface area (Å²) in [4.78, 5) is 4.25. The Morgan fingerprint density at radius 1 is 1.22 bits per heavy atom. The third-order valence-electron chi connectivity index (χ3n) is 3.84. The smallest absolute Gasteiger partial charge is 0.213 e. The summed E-state index contributed by atoms with van der Waals surface area (Å²) < 4.78 is 0.502. The summed E-state index contributed by atoms with van der Waals surface area (Å²) in [6.07, 6.45) is 5.42. The Morgan fingerprint density at radius 3 is 2.61 bits per heavy atom. The number of H-pyrrole nitrogens is 2. The van der Waals surface area contributed by atoms with E-state index in [1.54, 1.807) is 0 Å². The summed E-state index contributed by atoms with van der Waals surface area (Å²) in [6, 6.07) is 6.60. The van der Waals surface area contributed by atoms with Crippen molar-refractivity contribution in [3.63, 3.8) is 0 Å². The molecule has 0 amide bonds. The minimum absolute atomic E-state index is 0.502. The second-order valence-electron chi connectivity index (χ2n) is 5.07. The van der Waals surface area contributed by atoms with Gasteiger partial charge in [0, 0.05) is 5.56 Å². The monoisotopic (exact) mass is 259 g/mol. The van der Waals surface area contributed by atoms with Crippen LogP contribution < -0.4 is 0 Å². The van der Waals surface area contributed by atoms with Gasteiger partial charge in [0.1, 0.15) is 0 Å². The molecule has 3 nitrogen and oxygen atoms in total. The van der Waals surface area contributed by atoms with Gasteiger partial charge in [-0.3, -0.25) is 10.2 Å². The number of hydrogen-bond donors (Lipinski definition) is 2. The molecule has 1 saturated carbocycles. The molecule has 4 heteroatoms. The van der Waals surface area contributed by atoms with Crippen molar-refractivity contribution >= 4 is 12.2 Å². The van der Waals surface area contributed by atoms with Crippen molar-refractivity contribution in [2.24, 2.45) is 0 Å². The molecule has 0 unspecified atom stereocenters. The average molecular weight is 259 g/mol. The zero-order valence-corrected chi connectivity index (χ0v) is 11.3. The van der Waals surface area contributed by atoms with Gasteiger partial charge in [-0.1, -0.05) is 25.0 Å². The number of aromatic nitrogens is 3. The minimum Gasteiger partial charge on any atom is -0.282 e. The number of nitrogens with one attached hydrogen (secondary N) is 2. The van der Waals surface area contributed by atoms with E-state index in [0.29, 0.717) is 4.77 Å². The first-order valence-electron chi connectivity index (χ1n) is 6.49. The van der Waals surface area contributed by atoms with E-state index < -0.39 is 0 Å². The molecular formula is C14H17N3S. The van der Waals surface area contributed by atoms with E-state index in [1.165, 1.54) is 36.8 Å². The molecule has 0 atom stereocenters. The Balaban J connectivity index is 1.95. The standard InChI is InChI=1S/C14H17N3S/c1-9-8-11(13-15-14(18)17-16-13)6-7-12(9)10-4-2-3-5-10/h6-8,10H,2-5H2,1H3,(H2,15,16,17,18). The first-order chi connectivity index (χ1) is 8.74. The van der Waals surface area contributed by atoms with Crippen LogP contribution in [0.15, 0.2) is 18.2 Å². The van der Waals surface area contributed by atoms with Crippen molar-refractivity contribution in [1.29, 1.82) is 0 Å². The quantitative estimate of drug-likeness (QED) is 0.797. The molecule has 1 aliphatic carbocycles. The molecule has 0 bridgehead atoms. The van der Waals surface area contributed by atoms with Crippen molar-refractivity contribution in [3.8, 4) is 11.4 Å². The summed E-state index contributed by atoms with van der Waals surface area (Å²) in [5, 5.41) is 5.83. The Labute approximate surface area is 112 Å². The number of aryl methyl sites for hydroxylation is 1. The van der Waals surface area contributed by atoms with Crippen LogP contribution in [0.2, 0.25) is 0 Å². The average Bonchev–Trinajstić information content (AvgIpc) is 2.99. The van der Waals surface area contributed by atoms with E-state index in [9.17, 15) is 0 Å². The van der Waals surface area contributed by atoms with Crippen molar-refractivity contribution in [2.45, 2.75) is 38.5 Å². The van der Waals surface area contributed by atoms with Gasteiger partial charge >= 0.3 is 0 Å². The molecule has 1 aromatic heterocycles. The van der Waals surface area contributed by atoms with Gasteiger partial charge in [0.05, 0.1) is 0 Å². The van der Waals surface area contributed by atoms with E-state index in [0.717, 1.165) is 17.3 Å². The fourth-order valence-electron chi connectivity index (χ4n) is 2.92. The highest BCUT2D eigenvalue weighted by Crippen LogP contribution is 2.36. The maximum absolute atomic E-state index is 4.98. The summed E-state index contributed by atoms with van der Waals surface area (Å²) in [5.74, 6) is 1.58. The summed E-state index contributed by atoms with van der Waals surface area (Å²) in [6.45, 7) is 2.19. The van der Waals surface area contributed by atoms with Crippen molar-refractivity contribution in [1.82, 2.24) is 15.2 Å². The van der Waals surface area contributed by atoms with Crippen molar-refractivity contribution in [2.75, 3.05) is 0 Å². The molecule has 0 spiro atoms. The predicted octanol–water partition coefficient (Wildman–Crippen LogP) is 4.10. The van der Waals surface area contributed by atoms with Gasteiger partial charge in [-0.25, -0.2) is 0 Å². The van der Waals surface area contributed by atoms with Gasteiger partial charge in [0.2, 0.25) is 4.77 Å². The van der Waals surface area contributed by atoms with Gasteiger partial charge in [0.25, 0.3) is 0 Å². The molecule has 0 saturated heterocycles. The van der Waals surface area contributed by atoms with Gasteiger partial charge in [-0.05, 0) is 55.1 Å². The number of nitrogens with zero attached hydrogens (tertiary/aromatic N) is 1. The molecule has 94 valence electrons. The molecule has 2 aromatic rings. The zero-order chi connectivity index (χ0) is 12.5. The molecule has 1 fully saturated rings. The normalized spacial score (nSPS) is 16.3. The fraction of sp³-hybridized carbons (Fsp3) is 0.429. The van der Waals surface area contributed by atoms with Gasteiger partial charge < -0.3 is 0 Å². The van der Waals surface area contributed by atoms with E-state index in [-0.39, 0.29) is 0 Å². The van der Waals surface area contributed by atoms with Crippen LogP contribution >= 0.6 is 12.2 Å². The molecule has 0 aliphatic heterocycles. The van der Waals surface area contributed by atoms with Crippen LogP contribution in [0.5, 0.6) is 0 Å². The predicted molar refractivity (Wildman–Crippen MR) is 75.2 cm³/mol. The Kier molecular flexibility index (Phi) is 3.04. The lowest BCUT2D eigenvalue weighted by atomic mass is 9.92. The summed E-state index contributed by atoms with van der Waals surface area (Å²) in [5.41, 5.74) is 3.97. The molecule has 1 heterocycles. The summed E-state index contributed by atoms with van der Waals surface area (Å²) >= 11 is 4.98. The van der Waals surface area contributed by atoms with Crippen LogP contribution in [-0.2, 0) is 0 Å². The maximum atomic E-state index is 4.98. The second-order valence-corrected chi connectivity index (χ2v) is 5.46. The molecule has 0 radical (unpaired) electrons. The highest BCUT2D eigenvalue weighted by atomic mass is 32.1. The molecule has 2 N–H and O–H groups in total. The third-order valence-corrected chi connectivity index (χ3v) is 4.03. The van der Waals surface area contributed by atoms with Crippen molar-refractivity contribution in [3.05, 3.63) is 34.1 Å². The van der Waals surface area contributed by atoms with E-state index >= 15 is 0 Å². The zero-order valence-electron chi connectivity index (χ0n) is 10.5. The number of rotatable bonds is 2. The van der Waals surface area contributed by atoms with E-state index in [2.05, 4.69) is 40.3 Å². The van der Waals surface area contributed by atoms with Crippen LogP contribution in [0.4, 0.5) is 0 Å². The fourth-order valence-corrected chi connectivity index (χ4v) is 3.07. The Hall–Kier alpha value is -1.42. The first-order valence-corrected chi connectivity index (χ1v) is 6.90. The third kappa shape index (κ3) is 2.12. The van der Waals surface area contributed by atoms with Crippen LogP contribution in [0.1, 0.15) is 42.7 Å². The van der Waals surface area contributed by atoms with E-state index in [4.69, 9.17) is 12.2 Å². The lowest BCUT2D eigenvalue weighted by molar-refractivity contribution is 0.718. The Bertz CT molecular complexity index is 605. The molecular weight excluding hydrogens is 242 g/mol. The second kappa shape index (κ2) is 4.69. The number of benzene rings is 1. The molecule has 3 rings (SSSR count). The molecule has 1 aromatic carbocycles. The van der Waals surface area contributed by atoms with Crippen molar-refractivity contribution < 1.29 is 0 Å². The topological polar surface area (TPSA) is 44.5 Å². The largest absolute Gasteiger partial charge is 0.282 e. The highest BCUT2D eigenvalue weighted by Gasteiger charge is 2.18. The van der Waals surface area contributed by atoms with Crippen LogP contribution in [-0.4, -0.2) is 15.2 Å². The van der Waals surface area contributed by atoms with Crippen LogP contribution in [0.3, 0.4) is 0 Å². The number of hydrogen-bond acceptors (Lipinski definition) is 2. The highest BCUT2D eigenvalue weighted by molar-refractivity contribution is 7.71. The van der Waals surface area contributed by atoms with Gasteiger partial charge in [-0.15, -0.1) is 0 Å². The van der Waals surface area contributed by atoms with E-state index in [1.807, 2.05) is 0 Å². The SMILES string of the molecule is Cc1cc(-c2nc(=S)[nH][nH]2)ccc1C1CCCC1. The Morgan fingerprint density at radius 2 is 2.00 bits per heavy atom. The number of aromatic amines is 2. The lowest BCUT2D eigenvalue weighted by Gasteiger charge is -2.13. The lowest BCUT2D eigenvalue weighted by Crippen LogP contribution is -1.96. The maximum Gasteiger partial charge on any atom is 0.213 e.